The van der Waals surface area contributed by atoms with E-state index in [4.69, 9.17) is 0 Å². The molecule has 2 nitrogen and oxygen atoms in total. The first-order chi connectivity index (χ1) is 10.1. The van der Waals surface area contributed by atoms with Crippen molar-refractivity contribution in [2.75, 3.05) is 0 Å². The van der Waals surface area contributed by atoms with Gasteiger partial charge >= 0.3 is 0 Å². The van der Waals surface area contributed by atoms with Gasteiger partial charge in [-0.05, 0) is 41.1 Å². The predicted octanol–water partition coefficient (Wildman–Crippen LogP) is 4.16. The second-order valence-electron chi connectivity index (χ2n) is 5.95. The summed E-state index contributed by atoms with van der Waals surface area (Å²) in [5.74, 6) is 0.520. The lowest BCUT2D eigenvalue weighted by Crippen LogP contribution is -2.31. The van der Waals surface area contributed by atoms with Crippen LogP contribution in [0, 0.1) is 6.92 Å². The van der Waals surface area contributed by atoms with E-state index in [9.17, 15) is 0 Å². The maximum Gasteiger partial charge on any atom is 0.287 e. The molecule has 0 bridgehead atoms. The van der Waals surface area contributed by atoms with E-state index < -0.39 is 0 Å². The Hall–Kier alpha value is -2.22. The van der Waals surface area contributed by atoms with Crippen LogP contribution in [0.3, 0.4) is 0 Å². The Morgan fingerprint density at radius 2 is 1.81 bits per heavy atom. The van der Waals surface area contributed by atoms with Crippen LogP contribution in [-0.4, -0.2) is 4.98 Å². The number of benzene rings is 2. The van der Waals surface area contributed by atoms with E-state index >= 15 is 0 Å². The summed E-state index contributed by atoms with van der Waals surface area (Å²) < 4.78 is 2.11. The number of aryl methyl sites for hydroxylation is 2. The minimum Gasteiger partial charge on any atom is -0.232 e. The fraction of sp³-hybridized carbons (Fsp3) is 0.263. The Bertz CT molecular complexity index is 804. The zero-order chi connectivity index (χ0) is 15.0. The van der Waals surface area contributed by atoms with Crippen LogP contribution in [0.25, 0.3) is 22.2 Å². The largest absolute Gasteiger partial charge is 0.287 e. The van der Waals surface area contributed by atoms with Crippen LogP contribution in [0.2, 0.25) is 0 Å². The van der Waals surface area contributed by atoms with Crippen molar-refractivity contribution in [2.24, 2.45) is 7.05 Å². The van der Waals surface area contributed by atoms with Gasteiger partial charge in [0.05, 0.1) is 12.4 Å². The van der Waals surface area contributed by atoms with E-state index in [0.717, 1.165) is 5.52 Å². The molecule has 0 saturated heterocycles. The summed E-state index contributed by atoms with van der Waals surface area (Å²) in [6.45, 7) is 6.59. The van der Waals surface area contributed by atoms with E-state index in [1.165, 1.54) is 27.8 Å². The Balaban J connectivity index is 2.32. The third-order valence-electron chi connectivity index (χ3n) is 4.07. The maximum absolute atomic E-state index is 4.60. The molecule has 2 heteroatoms. The fourth-order valence-corrected chi connectivity index (χ4v) is 2.79. The number of aromatic nitrogens is 2. The first-order valence-electron chi connectivity index (χ1n) is 7.42. The highest BCUT2D eigenvalue weighted by molar-refractivity contribution is 5.91. The van der Waals surface area contributed by atoms with Crippen molar-refractivity contribution in [2.45, 2.75) is 26.7 Å². The number of rotatable bonds is 2. The Kier molecular flexibility index (Phi) is 3.46. The molecule has 21 heavy (non-hydrogen) atoms. The van der Waals surface area contributed by atoms with Gasteiger partial charge in [0, 0.05) is 5.56 Å². The van der Waals surface area contributed by atoms with Crippen LogP contribution in [0.5, 0.6) is 0 Å². The van der Waals surface area contributed by atoms with Crippen LogP contribution in [0.15, 0.2) is 48.8 Å². The summed E-state index contributed by atoms with van der Waals surface area (Å²) >= 11 is 0. The molecular weight excluding hydrogens is 256 g/mol. The topological polar surface area (TPSA) is 16.8 Å². The summed E-state index contributed by atoms with van der Waals surface area (Å²) in [5.41, 5.74) is 6.18. The number of nitrogens with zero attached hydrogens (tertiary/aromatic N) is 2. The average molecular weight is 277 g/mol. The van der Waals surface area contributed by atoms with Gasteiger partial charge in [0.25, 0.3) is 6.33 Å². The lowest BCUT2D eigenvalue weighted by molar-refractivity contribution is -0.662. The second kappa shape index (κ2) is 5.28. The normalized spacial score (nSPS) is 11.3. The van der Waals surface area contributed by atoms with Crippen LogP contribution >= 0.6 is 0 Å². The molecule has 0 fully saturated rings. The zero-order valence-electron chi connectivity index (χ0n) is 13.1. The zero-order valence-corrected chi connectivity index (χ0v) is 13.1. The Labute approximate surface area is 126 Å². The second-order valence-corrected chi connectivity index (χ2v) is 5.95. The van der Waals surface area contributed by atoms with E-state index in [1.54, 1.807) is 0 Å². The SMILES string of the molecule is Cc1ccccc1-c1c2ccc(C(C)C)cc2nc[n+]1C. The lowest BCUT2D eigenvalue weighted by Gasteiger charge is -2.10. The molecule has 3 aromatic rings. The van der Waals surface area contributed by atoms with Gasteiger partial charge in [0.2, 0.25) is 0 Å². The Morgan fingerprint density at radius 1 is 1.05 bits per heavy atom. The molecule has 0 saturated carbocycles. The van der Waals surface area contributed by atoms with Gasteiger partial charge in [-0.2, -0.15) is 0 Å². The summed E-state index contributed by atoms with van der Waals surface area (Å²) in [5, 5.41) is 1.21. The molecule has 1 heterocycles. The van der Waals surface area contributed by atoms with Crippen molar-refractivity contribution in [1.29, 1.82) is 0 Å². The van der Waals surface area contributed by atoms with E-state index in [1.807, 2.05) is 6.33 Å². The van der Waals surface area contributed by atoms with E-state index in [2.05, 4.69) is 79.8 Å². The minimum absolute atomic E-state index is 0.520. The summed E-state index contributed by atoms with van der Waals surface area (Å²) in [4.78, 5) is 4.60. The van der Waals surface area contributed by atoms with Gasteiger partial charge in [-0.3, -0.25) is 0 Å². The van der Waals surface area contributed by atoms with Gasteiger partial charge in [0.15, 0.2) is 5.52 Å². The molecule has 0 N–H and O–H groups in total. The molecule has 0 aliphatic rings. The molecule has 1 aromatic heterocycles. The van der Waals surface area contributed by atoms with Crippen molar-refractivity contribution in [3.63, 3.8) is 0 Å². The molecule has 2 aromatic carbocycles. The first kappa shape index (κ1) is 13.7. The van der Waals surface area contributed by atoms with Gasteiger partial charge in [0.1, 0.15) is 5.69 Å². The van der Waals surface area contributed by atoms with Crippen LogP contribution in [-0.2, 0) is 7.05 Å². The molecular formula is C19H21N2+. The Morgan fingerprint density at radius 3 is 2.52 bits per heavy atom. The van der Waals surface area contributed by atoms with Gasteiger partial charge in [-0.15, -0.1) is 0 Å². The molecule has 0 atom stereocenters. The van der Waals surface area contributed by atoms with Crippen LogP contribution < -0.4 is 4.57 Å². The molecule has 106 valence electrons. The molecule has 0 aliphatic heterocycles. The van der Waals surface area contributed by atoms with Crippen LogP contribution in [0.1, 0.15) is 30.9 Å². The number of fused-ring (bicyclic) bond motifs is 1. The highest BCUT2D eigenvalue weighted by Gasteiger charge is 2.16. The number of hydrogen-bond donors (Lipinski definition) is 0. The smallest absolute Gasteiger partial charge is 0.232 e. The summed E-state index contributed by atoms with van der Waals surface area (Å²) in [6, 6.07) is 15.2. The van der Waals surface area contributed by atoms with Gasteiger partial charge in [-0.25, -0.2) is 4.57 Å². The van der Waals surface area contributed by atoms with E-state index in [0.29, 0.717) is 5.92 Å². The molecule has 3 rings (SSSR count). The minimum atomic E-state index is 0.520. The summed E-state index contributed by atoms with van der Waals surface area (Å²) in [7, 11) is 2.06. The first-order valence-corrected chi connectivity index (χ1v) is 7.42. The molecule has 0 spiro atoms. The molecule has 0 amide bonds. The predicted molar refractivity (Wildman–Crippen MR) is 87.2 cm³/mol. The number of hydrogen-bond acceptors (Lipinski definition) is 1. The van der Waals surface area contributed by atoms with E-state index in [-0.39, 0.29) is 0 Å². The highest BCUT2D eigenvalue weighted by atomic mass is 15.0. The molecule has 0 radical (unpaired) electrons. The van der Waals surface area contributed by atoms with Crippen molar-refractivity contribution >= 4 is 10.9 Å². The van der Waals surface area contributed by atoms with Gasteiger partial charge in [-0.1, -0.05) is 44.2 Å². The summed E-state index contributed by atoms with van der Waals surface area (Å²) in [6.07, 6.45) is 1.91. The highest BCUT2D eigenvalue weighted by Crippen LogP contribution is 2.28. The van der Waals surface area contributed by atoms with Crippen molar-refractivity contribution in [3.8, 4) is 11.3 Å². The molecule has 0 aliphatic carbocycles. The maximum atomic E-state index is 4.60. The third kappa shape index (κ3) is 2.42. The third-order valence-corrected chi connectivity index (χ3v) is 4.07. The quantitative estimate of drug-likeness (QED) is 0.643. The monoisotopic (exact) mass is 277 g/mol. The average Bonchev–Trinajstić information content (AvgIpc) is 2.48. The van der Waals surface area contributed by atoms with Crippen molar-refractivity contribution in [1.82, 2.24) is 4.98 Å². The van der Waals surface area contributed by atoms with Crippen molar-refractivity contribution in [3.05, 3.63) is 59.9 Å². The van der Waals surface area contributed by atoms with Crippen LogP contribution in [0.4, 0.5) is 0 Å². The lowest BCUT2D eigenvalue weighted by atomic mass is 9.98. The fourth-order valence-electron chi connectivity index (χ4n) is 2.79. The van der Waals surface area contributed by atoms with Gasteiger partial charge < -0.3 is 0 Å². The standard InChI is InChI=1S/C19H21N2/c1-13(2)15-9-10-17-18(11-15)20-12-21(4)19(17)16-8-6-5-7-14(16)3/h5-13H,1-4H3/q+1. The van der Waals surface area contributed by atoms with Crippen molar-refractivity contribution < 1.29 is 4.57 Å². The molecule has 0 unspecified atom stereocenters.